The lowest BCUT2D eigenvalue weighted by molar-refractivity contribution is 0.207. The number of hydrogen-bond acceptors (Lipinski definition) is 4. The second kappa shape index (κ2) is 6.65. The third-order valence-electron chi connectivity index (χ3n) is 5.26. The lowest BCUT2D eigenvalue weighted by Gasteiger charge is -2.26. The van der Waals surface area contributed by atoms with Crippen molar-refractivity contribution in [2.45, 2.75) is 63.8 Å². The van der Waals surface area contributed by atoms with E-state index in [0.29, 0.717) is 11.0 Å². The fourth-order valence-corrected chi connectivity index (χ4v) is 4.41. The molecule has 1 aromatic heterocycles. The first-order valence-corrected chi connectivity index (χ1v) is 10.2. The highest BCUT2D eigenvalue weighted by Crippen LogP contribution is 2.42. The molecule has 26 heavy (non-hydrogen) atoms. The van der Waals surface area contributed by atoms with Crippen LogP contribution in [-0.2, 0) is 5.41 Å². The first-order valence-electron chi connectivity index (χ1n) is 9.43. The molecule has 0 radical (unpaired) electrons. The second-order valence-corrected chi connectivity index (χ2v) is 9.38. The molecule has 2 heterocycles. The van der Waals surface area contributed by atoms with Crippen LogP contribution in [-0.4, -0.2) is 27.7 Å². The van der Waals surface area contributed by atoms with Crippen molar-refractivity contribution in [2.24, 2.45) is 0 Å². The van der Waals surface area contributed by atoms with Crippen LogP contribution in [0.3, 0.4) is 0 Å². The number of aromatic nitrogens is 2. The van der Waals surface area contributed by atoms with Gasteiger partial charge in [-0.2, -0.15) is 0 Å². The first-order chi connectivity index (χ1) is 12.4. The van der Waals surface area contributed by atoms with Gasteiger partial charge in [-0.15, -0.1) is 10.2 Å². The van der Waals surface area contributed by atoms with Gasteiger partial charge in [-0.25, -0.2) is 4.79 Å². The minimum absolute atomic E-state index is 0.0640. The Morgan fingerprint density at radius 1 is 1.15 bits per heavy atom. The molecule has 1 unspecified atom stereocenters. The van der Waals surface area contributed by atoms with Gasteiger partial charge in [0.1, 0.15) is 5.01 Å². The molecule has 6 heteroatoms. The van der Waals surface area contributed by atoms with E-state index in [-0.39, 0.29) is 17.5 Å². The van der Waals surface area contributed by atoms with Gasteiger partial charge in [0, 0.05) is 12.5 Å². The molecule has 2 aliphatic rings. The highest BCUT2D eigenvalue weighted by molar-refractivity contribution is 7.15. The Morgan fingerprint density at radius 3 is 2.54 bits per heavy atom. The smallest absolute Gasteiger partial charge is 0.317 e. The van der Waals surface area contributed by atoms with Gasteiger partial charge < -0.3 is 4.90 Å². The summed E-state index contributed by atoms with van der Waals surface area (Å²) in [5.74, 6) is 0.569. The van der Waals surface area contributed by atoms with Crippen LogP contribution in [0.5, 0.6) is 0 Å². The van der Waals surface area contributed by atoms with E-state index >= 15 is 0 Å². The number of nitrogens with one attached hydrogen (secondary N) is 1. The quantitative estimate of drug-likeness (QED) is 0.819. The maximum Gasteiger partial charge on any atom is 0.324 e. The van der Waals surface area contributed by atoms with Gasteiger partial charge in [0.25, 0.3) is 0 Å². The molecule has 5 nitrogen and oxygen atoms in total. The van der Waals surface area contributed by atoms with E-state index < -0.39 is 0 Å². The summed E-state index contributed by atoms with van der Waals surface area (Å²) in [7, 11) is 0. The van der Waals surface area contributed by atoms with Crippen molar-refractivity contribution in [1.29, 1.82) is 0 Å². The Morgan fingerprint density at radius 2 is 1.88 bits per heavy atom. The molecule has 2 fully saturated rings. The number of hydrogen-bond donors (Lipinski definition) is 1. The average molecular weight is 371 g/mol. The molecule has 1 saturated carbocycles. The molecule has 2 amide bonds. The summed E-state index contributed by atoms with van der Waals surface area (Å²) < 4.78 is 0. The molecule has 1 aromatic carbocycles. The number of carbonyl (C=O) groups excluding carboxylic acids is 1. The SMILES string of the molecule is CC(C)(C)c1ccc(C2CCCN2C(=O)Nc2nnc(C3CC3)s2)cc1. The normalized spacial score (nSPS) is 20.4. The van der Waals surface area contributed by atoms with Crippen LogP contribution in [0.2, 0.25) is 0 Å². The third kappa shape index (κ3) is 3.61. The van der Waals surface area contributed by atoms with Gasteiger partial charge in [-0.3, -0.25) is 5.32 Å². The van der Waals surface area contributed by atoms with Crippen LogP contribution in [0.1, 0.15) is 74.5 Å². The Kier molecular flexibility index (Phi) is 4.47. The average Bonchev–Trinajstić information content (AvgIpc) is 3.15. The van der Waals surface area contributed by atoms with E-state index in [2.05, 4.69) is 60.6 Å². The summed E-state index contributed by atoms with van der Waals surface area (Å²) in [6.07, 6.45) is 4.43. The molecule has 1 saturated heterocycles. The molecule has 0 bridgehead atoms. The van der Waals surface area contributed by atoms with Crippen molar-refractivity contribution < 1.29 is 4.79 Å². The fourth-order valence-electron chi connectivity index (χ4n) is 3.51. The van der Waals surface area contributed by atoms with Crippen LogP contribution in [0.25, 0.3) is 0 Å². The van der Waals surface area contributed by atoms with E-state index in [0.717, 1.165) is 24.4 Å². The van der Waals surface area contributed by atoms with Crippen molar-refractivity contribution in [3.05, 3.63) is 40.4 Å². The predicted octanol–water partition coefficient (Wildman–Crippen LogP) is 5.08. The van der Waals surface area contributed by atoms with E-state index in [1.54, 1.807) is 0 Å². The molecule has 4 rings (SSSR count). The van der Waals surface area contributed by atoms with E-state index in [9.17, 15) is 4.79 Å². The summed E-state index contributed by atoms with van der Waals surface area (Å²) in [5, 5.41) is 13.0. The third-order valence-corrected chi connectivity index (χ3v) is 6.26. The monoisotopic (exact) mass is 370 g/mol. The highest BCUT2D eigenvalue weighted by atomic mass is 32.1. The highest BCUT2D eigenvalue weighted by Gasteiger charge is 2.32. The Bertz CT molecular complexity index is 789. The summed E-state index contributed by atoms with van der Waals surface area (Å²) in [6.45, 7) is 7.44. The van der Waals surface area contributed by atoms with Gasteiger partial charge in [0.15, 0.2) is 0 Å². The van der Waals surface area contributed by atoms with Crippen LogP contribution in [0.15, 0.2) is 24.3 Å². The molecule has 1 N–H and O–H groups in total. The number of nitrogens with zero attached hydrogens (tertiary/aromatic N) is 3. The second-order valence-electron chi connectivity index (χ2n) is 8.37. The van der Waals surface area contributed by atoms with Crippen LogP contribution in [0.4, 0.5) is 9.93 Å². The zero-order valence-electron chi connectivity index (χ0n) is 15.7. The zero-order chi connectivity index (χ0) is 18.3. The topological polar surface area (TPSA) is 58.1 Å². The van der Waals surface area contributed by atoms with Crippen molar-refractivity contribution in [3.8, 4) is 0 Å². The molecule has 1 atom stereocenters. The number of benzene rings is 1. The van der Waals surface area contributed by atoms with Gasteiger partial charge in [0.05, 0.1) is 6.04 Å². The minimum atomic E-state index is -0.0640. The maximum absolute atomic E-state index is 12.8. The largest absolute Gasteiger partial charge is 0.324 e. The number of carbonyl (C=O) groups is 1. The molecule has 1 aliphatic carbocycles. The lowest BCUT2D eigenvalue weighted by atomic mass is 9.86. The minimum Gasteiger partial charge on any atom is -0.317 e. The molecule has 0 spiro atoms. The van der Waals surface area contributed by atoms with Crippen LogP contribution < -0.4 is 5.32 Å². The Hall–Kier alpha value is -1.95. The first kappa shape index (κ1) is 17.5. The number of rotatable bonds is 3. The molecule has 1 aliphatic heterocycles. The Balaban J connectivity index is 1.45. The Labute approximate surface area is 158 Å². The van der Waals surface area contributed by atoms with Crippen LogP contribution >= 0.6 is 11.3 Å². The van der Waals surface area contributed by atoms with Gasteiger partial charge >= 0.3 is 6.03 Å². The van der Waals surface area contributed by atoms with E-state index in [4.69, 9.17) is 0 Å². The summed E-state index contributed by atoms with van der Waals surface area (Å²) in [6, 6.07) is 8.80. The van der Waals surface area contributed by atoms with E-state index in [1.807, 2.05) is 4.90 Å². The zero-order valence-corrected chi connectivity index (χ0v) is 16.5. The number of likely N-dealkylation sites (tertiary alicyclic amines) is 1. The molecular weight excluding hydrogens is 344 g/mol. The van der Waals surface area contributed by atoms with E-state index in [1.165, 1.54) is 35.3 Å². The number of anilines is 1. The standard InChI is InChI=1S/C20H26N4OS/c1-20(2,3)15-10-8-13(9-11-15)16-5-4-12-24(16)19(25)21-18-23-22-17(26-18)14-6-7-14/h8-11,14,16H,4-7,12H2,1-3H3,(H,21,23,25). The van der Waals surface area contributed by atoms with Crippen molar-refractivity contribution in [3.63, 3.8) is 0 Å². The van der Waals surface area contributed by atoms with Gasteiger partial charge in [-0.1, -0.05) is 56.4 Å². The predicted molar refractivity (Wildman–Crippen MR) is 105 cm³/mol. The summed E-state index contributed by atoms with van der Waals surface area (Å²) in [4.78, 5) is 14.7. The van der Waals surface area contributed by atoms with Crippen molar-refractivity contribution in [2.75, 3.05) is 11.9 Å². The molecule has 138 valence electrons. The summed E-state index contributed by atoms with van der Waals surface area (Å²) in [5.41, 5.74) is 2.67. The lowest BCUT2D eigenvalue weighted by Crippen LogP contribution is -2.34. The number of amides is 2. The fraction of sp³-hybridized carbons (Fsp3) is 0.550. The molecular formula is C20H26N4OS. The maximum atomic E-state index is 12.8. The summed E-state index contributed by atoms with van der Waals surface area (Å²) >= 11 is 1.51. The van der Waals surface area contributed by atoms with Crippen molar-refractivity contribution >= 4 is 22.5 Å². The van der Waals surface area contributed by atoms with Gasteiger partial charge in [-0.05, 0) is 42.2 Å². The number of urea groups is 1. The van der Waals surface area contributed by atoms with Crippen molar-refractivity contribution in [1.82, 2.24) is 15.1 Å². The van der Waals surface area contributed by atoms with Gasteiger partial charge in [0.2, 0.25) is 5.13 Å². The molecule has 2 aromatic rings. The van der Waals surface area contributed by atoms with Crippen LogP contribution in [0, 0.1) is 0 Å².